The van der Waals surface area contributed by atoms with Gasteiger partial charge in [-0.05, 0) is 61.1 Å². The highest BCUT2D eigenvalue weighted by Gasteiger charge is 2.49. The number of ether oxygens (including phenoxy) is 1. The number of benzene rings is 2. The monoisotopic (exact) mass is 405 g/mol. The minimum Gasteiger partial charge on any atom is -0.507 e. The van der Waals surface area contributed by atoms with Crippen molar-refractivity contribution in [2.75, 3.05) is 0 Å². The molecule has 1 spiro atoms. The van der Waals surface area contributed by atoms with E-state index in [4.69, 9.17) is 21.6 Å². The maximum absolute atomic E-state index is 12.7. The third-order valence-corrected chi connectivity index (χ3v) is 6.07. The molecule has 1 aliphatic carbocycles. The Labute approximate surface area is 174 Å². The van der Waals surface area contributed by atoms with Crippen molar-refractivity contribution in [3.05, 3.63) is 70.4 Å². The van der Waals surface area contributed by atoms with E-state index >= 15 is 0 Å². The van der Waals surface area contributed by atoms with Crippen molar-refractivity contribution in [2.24, 2.45) is 0 Å². The zero-order valence-corrected chi connectivity index (χ0v) is 16.6. The summed E-state index contributed by atoms with van der Waals surface area (Å²) in [5, 5.41) is 20.6. The van der Waals surface area contributed by atoms with Gasteiger partial charge in [0.25, 0.3) is 0 Å². The van der Waals surface area contributed by atoms with Gasteiger partial charge in [-0.1, -0.05) is 42.8 Å². The highest BCUT2D eigenvalue weighted by atomic mass is 35.5. The van der Waals surface area contributed by atoms with E-state index in [9.17, 15) is 9.90 Å². The molecule has 1 fully saturated rings. The normalized spacial score (nSPS) is 17.9. The number of hydrogen-bond acceptors (Lipinski definition) is 4. The average molecular weight is 406 g/mol. The van der Waals surface area contributed by atoms with Crippen LogP contribution in [-0.4, -0.2) is 16.7 Å². The fourth-order valence-corrected chi connectivity index (χ4v) is 4.53. The summed E-state index contributed by atoms with van der Waals surface area (Å²) in [4.78, 5) is 12.7. The second-order valence-electron chi connectivity index (χ2n) is 7.48. The molecule has 146 valence electrons. The Morgan fingerprint density at radius 1 is 1.17 bits per heavy atom. The molecule has 0 radical (unpaired) electrons. The first-order valence-corrected chi connectivity index (χ1v) is 10.0. The van der Waals surface area contributed by atoms with Crippen molar-refractivity contribution in [1.29, 1.82) is 5.26 Å². The van der Waals surface area contributed by atoms with Crippen LogP contribution in [0.1, 0.15) is 48.8 Å². The van der Waals surface area contributed by atoms with Gasteiger partial charge >= 0.3 is 5.97 Å². The Balaban J connectivity index is 1.85. The van der Waals surface area contributed by atoms with Crippen molar-refractivity contribution < 1.29 is 14.6 Å². The van der Waals surface area contributed by atoms with Crippen LogP contribution in [0.15, 0.2) is 48.7 Å². The fourth-order valence-electron chi connectivity index (χ4n) is 4.25. The molecule has 4 nitrogen and oxygen atoms in total. The lowest BCUT2D eigenvalue weighted by molar-refractivity contribution is -0.149. The number of aliphatic hydroxyl groups is 1. The van der Waals surface area contributed by atoms with Gasteiger partial charge in [-0.2, -0.15) is 5.26 Å². The molecule has 0 bridgehead atoms. The predicted octanol–water partition coefficient (Wildman–Crippen LogP) is 6.05. The lowest BCUT2D eigenvalue weighted by atomic mass is 9.82. The number of carbonyl (C=O) groups excluding carboxylic acids is 1. The summed E-state index contributed by atoms with van der Waals surface area (Å²) in [7, 11) is 0. The predicted molar refractivity (Wildman–Crippen MR) is 113 cm³/mol. The molecule has 0 saturated heterocycles. The van der Waals surface area contributed by atoms with Gasteiger partial charge in [0.05, 0.1) is 11.6 Å². The molecule has 1 saturated carbocycles. The Morgan fingerprint density at radius 2 is 1.93 bits per heavy atom. The molecule has 0 unspecified atom stereocenters. The number of hydrogen-bond donors (Lipinski definition) is 1. The molecule has 1 N–H and O–H groups in total. The van der Waals surface area contributed by atoms with Gasteiger partial charge in [-0.15, -0.1) is 0 Å². The first-order valence-electron chi connectivity index (χ1n) is 9.63. The molecule has 0 aromatic heterocycles. The Kier molecular flexibility index (Phi) is 4.94. The molecule has 0 atom stereocenters. The molecule has 5 heteroatoms. The zero-order valence-electron chi connectivity index (χ0n) is 15.9. The Bertz CT molecular complexity index is 1090. The third kappa shape index (κ3) is 3.22. The van der Waals surface area contributed by atoms with E-state index in [0.717, 1.165) is 30.4 Å². The lowest BCUT2D eigenvalue weighted by Crippen LogP contribution is -2.34. The van der Waals surface area contributed by atoms with Gasteiger partial charge in [0.2, 0.25) is 0 Å². The summed E-state index contributed by atoms with van der Waals surface area (Å²) >= 11 is 6.57. The molecule has 1 heterocycles. The van der Waals surface area contributed by atoms with Crippen LogP contribution in [0.4, 0.5) is 0 Å². The number of esters is 1. The van der Waals surface area contributed by atoms with Crippen LogP contribution >= 0.6 is 11.6 Å². The minimum atomic E-state index is -0.907. The highest BCUT2D eigenvalue weighted by Crippen LogP contribution is 2.46. The number of halogens is 1. The van der Waals surface area contributed by atoms with E-state index in [1.807, 2.05) is 12.1 Å². The van der Waals surface area contributed by atoms with Crippen LogP contribution in [0.2, 0.25) is 5.02 Å². The van der Waals surface area contributed by atoms with E-state index in [-0.39, 0.29) is 11.3 Å². The number of carbonyl (C=O) groups is 1. The van der Waals surface area contributed by atoms with Crippen LogP contribution in [0.5, 0.6) is 0 Å². The summed E-state index contributed by atoms with van der Waals surface area (Å²) in [6, 6.07) is 12.7. The maximum atomic E-state index is 12.7. The van der Waals surface area contributed by atoms with E-state index in [0.29, 0.717) is 34.6 Å². The van der Waals surface area contributed by atoms with Crippen LogP contribution in [0, 0.1) is 11.3 Å². The number of nitriles is 1. The lowest BCUT2D eigenvalue weighted by Gasteiger charge is -2.31. The van der Waals surface area contributed by atoms with E-state index in [1.54, 1.807) is 30.3 Å². The van der Waals surface area contributed by atoms with Crippen molar-refractivity contribution in [2.45, 2.75) is 37.7 Å². The van der Waals surface area contributed by atoms with Crippen LogP contribution in [0.25, 0.3) is 22.8 Å². The molecular weight excluding hydrogens is 386 g/mol. The van der Waals surface area contributed by atoms with Gasteiger partial charge in [0, 0.05) is 16.1 Å². The summed E-state index contributed by atoms with van der Waals surface area (Å²) < 4.78 is 5.68. The van der Waals surface area contributed by atoms with Gasteiger partial charge < -0.3 is 9.84 Å². The highest BCUT2D eigenvalue weighted by molar-refractivity contribution is 6.34. The number of nitrogens with zero attached hydrogens (tertiary/aromatic N) is 1. The largest absolute Gasteiger partial charge is 0.507 e. The zero-order chi connectivity index (χ0) is 20.6. The molecule has 0 amide bonds. The van der Waals surface area contributed by atoms with Crippen molar-refractivity contribution >= 4 is 29.2 Å². The third-order valence-electron chi connectivity index (χ3n) is 5.75. The van der Waals surface area contributed by atoms with Gasteiger partial charge in [-0.3, -0.25) is 0 Å². The minimum absolute atomic E-state index is 0.000550. The van der Waals surface area contributed by atoms with Crippen molar-refractivity contribution in [3.8, 4) is 17.2 Å². The van der Waals surface area contributed by atoms with E-state index in [2.05, 4.69) is 12.6 Å². The summed E-state index contributed by atoms with van der Waals surface area (Å²) in [6.45, 7) is 3.86. The maximum Gasteiger partial charge on any atom is 0.343 e. The second kappa shape index (κ2) is 7.42. The molecule has 2 aromatic rings. The topological polar surface area (TPSA) is 70.3 Å². The smallest absolute Gasteiger partial charge is 0.343 e. The number of aliphatic hydroxyl groups excluding tert-OH is 1. The summed E-state index contributed by atoms with van der Waals surface area (Å²) in [5.74, 6) is -0.525. The Hall–Kier alpha value is -3.03. The molecular formula is C24H20ClNO3. The first kappa shape index (κ1) is 19.3. The van der Waals surface area contributed by atoms with E-state index in [1.165, 1.54) is 0 Å². The van der Waals surface area contributed by atoms with Crippen molar-refractivity contribution in [3.63, 3.8) is 0 Å². The Morgan fingerprint density at radius 3 is 2.62 bits per heavy atom. The average Bonchev–Trinajstić information content (AvgIpc) is 2.97. The van der Waals surface area contributed by atoms with Gasteiger partial charge in [-0.25, -0.2) is 4.79 Å². The molecule has 4 rings (SSSR count). The molecule has 2 aromatic carbocycles. The fraction of sp³-hybridized carbons (Fsp3) is 0.250. The van der Waals surface area contributed by atoms with Crippen molar-refractivity contribution in [1.82, 2.24) is 0 Å². The first-order chi connectivity index (χ1) is 14.0. The SMILES string of the molecule is C=Cc1cc(-c2cccc(C#N)c2)c(Cl)cc1C1=C(O)C2(CCCCC2)OC1=O. The quantitative estimate of drug-likeness (QED) is 0.631. The molecule has 29 heavy (non-hydrogen) atoms. The van der Waals surface area contributed by atoms with Gasteiger partial charge in [0.1, 0.15) is 5.57 Å². The standard InChI is InChI=1S/C24H20ClNO3/c1-2-16-12-18(17-8-6-7-15(11-17)14-26)20(25)13-19(16)21-22(27)24(29-23(21)28)9-4-3-5-10-24/h2,6-8,11-13,27H,1,3-5,9-10H2. The summed E-state index contributed by atoms with van der Waals surface area (Å²) in [5.41, 5.74) is 2.48. The molecule has 1 aliphatic heterocycles. The molecule has 2 aliphatic rings. The number of rotatable bonds is 3. The second-order valence-corrected chi connectivity index (χ2v) is 7.89. The van der Waals surface area contributed by atoms with E-state index < -0.39 is 11.6 Å². The van der Waals surface area contributed by atoms with Crippen LogP contribution in [0.3, 0.4) is 0 Å². The van der Waals surface area contributed by atoms with Gasteiger partial charge in [0.15, 0.2) is 11.4 Å². The van der Waals surface area contributed by atoms with Crippen LogP contribution in [-0.2, 0) is 9.53 Å². The van der Waals surface area contributed by atoms with Crippen LogP contribution < -0.4 is 0 Å². The summed E-state index contributed by atoms with van der Waals surface area (Å²) in [6.07, 6.45) is 5.78.